The van der Waals surface area contributed by atoms with E-state index >= 15 is 0 Å². The third-order valence-electron chi connectivity index (χ3n) is 4.61. The van der Waals surface area contributed by atoms with Crippen LogP contribution in [-0.2, 0) is 4.79 Å². The standard InChI is InChI=1S/C25H33ClN2O2/c1-19(2)18-28-25(29)16-20(3)10-8-6-4-5-7-9-15-30-24-13-14-27-23-17-21(26)11-12-22(23)24/h8,10-14,16-17,19H,4-7,9,15,18H2,1-3H3,(H,28,29). The summed E-state index contributed by atoms with van der Waals surface area (Å²) in [4.78, 5) is 16.1. The van der Waals surface area contributed by atoms with Crippen molar-refractivity contribution < 1.29 is 9.53 Å². The molecule has 0 saturated heterocycles. The Morgan fingerprint density at radius 2 is 2.00 bits per heavy atom. The summed E-state index contributed by atoms with van der Waals surface area (Å²) < 4.78 is 5.95. The van der Waals surface area contributed by atoms with Gasteiger partial charge in [-0.05, 0) is 61.9 Å². The number of aromatic nitrogens is 1. The van der Waals surface area contributed by atoms with Crippen LogP contribution in [0.15, 0.2) is 54.3 Å². The van der Waals surface area contributed by atoms with E-state index in [0.717, 1.165) is 54.3 Å². The van der Waals surface area contributed by atoms with Crippen molar-refractivity contribution in [2.45, 2.75) is 52.9 Å². The van der Waals surface area contributed by atoms with Crippen LogP contribution < -0.4 is 10.1 Å². The second-order valence-corrected chi connectivity index (χ2v) is 8.39. The van der Waals surface area contributed by atoms with Crippen LogP contribution >= 0.6 is 11.6 Å². The van der Waals surface area contributed by atoms with Gasteiger partial charge in [-0.15, -0.1) is 0 Å². The maximum absolute atomic E-state index is 11.7. The Labute approximate surface area is 185 Å². The van der Waals surface area contributed by atoms with Gasteiger partial charge in [-0.2, -0.15) is 0 Å². The Hall–Kier alpha value is -2.33. The number of pyridine rings is 1. The zero-order valence-electron chi connectivity index (χ0n) is 18.3. The van der Waals surface area contributed by atoms with Gasteiger partial charge in [0.25, 0.3) is 0 Å². The Bertz CT molecular complexity index is 875. The molecule has 0 bridgehead atoms. The molecule has 1 aromatic heterocycles. The number of hydrogen-bond acceptors (Lipinski definition) is 3. The van der Waals surface area contributed by atoms with Gasteiger partial charge in [0.2, 0.25) is 5.91 Å². The van der Waals surface area contributed by atoms with Gasteiger partial charge < -0.3 is 10.1 Å². The summed E-state index contributed by atoms with van der Waals surface area (Å²) in [7, 11) is 0. The first-order chi connectivity index (χ1) is 14.5. The summed E-state index contributed by atoms with van der Waals surface area (Å²) in [6, 6.07) is 7.57. The molecule has 0 fully saturated rings. The van der Waals surface area contributed by atoms with E-state index < -0.39 is 0 Å². The zero-order chi connectivity index (χ0) is 21.8. The molecule has 30 heavy (non-hydrogen) atoms. The van der Waals surface area contributed by atoms with Crippen molar-refractivity contribution in [1.82, 2.24) is 10.3 Å². The molecule has 4 nitrogen and oxygen atoms in total. The van der Waals surface area contributed by atoms with Crippen molar-refractivity contribution in [2.75, 3.05) is 13.2 Å². The van der Waals surface area contributed by atoms with Gasteiger partial charge in [0, 0.05) is 29.2 Å². The molecular formula is C25H33ClN2O2. The van der Waals surface area contributed by atoms with Crippen LogP contribution in [0.4, 0.5) is 0 Å². The predicted molar refractivity (Wildman–Crippen MR) is 126 cm³/mol. The number of nitrogens with one attached hydrogen (secondary N) is 1. The number of ether oxygens (including phenoxy) is 1. The van der Waals surface area contributed by atoms with Crippen LogP contribution in [0.3, 0.4) is 0 Å². The highest BCUT2D eigenvalue weighted by atomic mass is 35.5. The van der Waals surface area contributed by atoms with Crippen LogP contribution in [0, 0.1) is 5.92 Å². The molecule has 0 atom stereocenters. The predicted octanol–water partition coefficient (Wildman–Crippen LogP) is 6.49. The number of allylic oxidation sites excluding steroid dienone is 3. The van der Waals surface area contributed by atoms with Gasteiger partial charge in [-0.25, -0.2) is 0 Å². The molecule has 162 valence electrons. The minimum Gasteiger partial charge on any atom is -0.493 e. The number of carbonyl (C=O) groups is 1. The van der Waals surface area contributed by atoms with E-state index in [9.17, 15) is 4.79 Å². The molecule has 5 heteroatoms. The highest BCUT2D eigenvalue weighted by Gasteiger charge is 2.03. The average molecular weight is 429 g/mol. The molecule has 1 aromatic carbocycles. The molecule has 0 aliphatic carbocycles. The monoisotopic (exact) mass is 428 g/mol. The van der Waals surface area contributed by atoms with Crippen LogP contribution in [0.25, 0.3) is 10.9 Å². The summed E-state index contributed by atoms with van der Waals surface area (Å²) in [5.41, 5.74) is 1.84. The van der Waals surface area contributed by atoms with Crippen LogP contribution in [0.2, 0.25) is 5.02 Å². The molecule has 2 aromatic rings. The highest BCUT2D eigenvalue weighted by molar-refractivity contribution is 6.31. The van der Waals surface area contributed by atoms with Crippen molar-refractivity contribution in [3.8, 4) is 5.75 Å². The van der Waals surface area contributed by atoms with Crippen LogP contribution in [-0.4, -0.2) is 24.0 Å². The first-order valence-electron chi connectivity index (χ1n) is 10.8. The van der Waals surface area contributed by atoms with E-state index in [4.69, 9.17) is 16.3 Å². The molecule has 0 spiro atoms. The lowest BCUT2D eigenvalue weighted by molar-refractivity contribution is -0.116. The molecular weight excluding hydrogens is 396 g/mol. The number of benzene rings is 1. The quantitative estimate of drug-likeness (QED) is 0.238. The van der Waals surface area contributed by atoms with E-state index in [2.05, 4.69) is 30.2 Å². The number of nitrogens with zero attached hydrogens (tertiary/aromatic N) is 1. The summed E-state index contributed by atoms with van der Waals surface area (Å²) in [5, 5.41) is 4.57. The van der Waals surface area contributed by atoms with Gasteiger partial charge in [-0.3, -0.25) is 9.78 Å². The molecule has 0 aliphatic heterocycles. The van der Waals surface area contributed by atoms with Gasteiger partial charge in [0.15, 0.2) is 0 Å². The summed E-state index contributed by atoms with van der Waals surface area (Å²) in [5.74, 6) is 1.31. The first-order valence-corrected chi connectivity index (χ1v) is 11.1. The third-order valence-corrected chi connectivity index (χ3v) is 4.85. The van der Waals surface area contributed by atoms with Crippen LogP contribution in [0.1, 0.15) is 52.9 Å². The van der Waals surface area contributed by atoms with Crippen molar-refractivity contribution in [2.24, 2.45) is 5.92 Å². The molecule has 0 saturated carbocycles. The minimum absolute atomic E-state index is 0.0177. The lowest BCUT2D eigenvalue weighted by Crippen LogP contribution is -2.25. The molecule has 1 heterocycles. The number of halogens is 1. The second kappa shape index (κ2) is 13.1. The maximum Gasteiger partial charge on any atom is 0.244 e. The maximum atomic E-state index is 11.7. The minimum atomic E-state index is -0.0177. The Morgan fingerprint density at radius 1 is 1.20 bits per heavy atom. The van der Waals surface area contributed by atoms with Crippen LogP contribution in [0.5, 0.6) is 5.75 Å². The van der Waals surface area contributed by atoms with E-state index in [1.54, 1.807) is 12.3 Å². The van der Waals surface area contributed by atoms with E-state index in [0.29, 0.717) is 24.1 Å². The molecule has 1 N–H and O–H groups in total. The third kappa shape index (κ3) is 9.00. The first kappa shape index (κ1) is 23.9. The van der Waals surface area contributed by atoms with E-state index in [1.165, 1.54) is 0 Å². The van der Waals surface area contributed by atoms with Crippen molar-refractivity contribution in [1.29, 1.82) is 0 Å². The molecule has 0 aliphatic rings. The van der Waals surface area contributed by atoms with Crippen molar-refractivity contribution in [3.05, 3.63) is 59.3 Å². The largest absolute Gasteiger partial charge is 0.493 e. The van der Waals surface area contributed by atoms with Gasteiger partial charge in [-0.1, -0.05) is 50.4 Å². The summed E-state index contributed by atoms with van der Waals surface area (Å²) in [6.07, 6.45) is 13.1. The fraction of sp³-hybridized carbons (Fsp3) is 0.440. The smallest absolute Gasteiger partial charge is 0.244 e. The Balaban J connectivity index is 1.59. The average Bonchev–Trinajstić information content (AvgIpc) is 2.70. The van der Waals surface area contributed by atoms with Gasteiger partial charge in [0.05, 0.1) is 12.1 Å². The zero-order valence-corrected chi connectivity index (χ0v) is 19.0. The normalized spacial score (nSPS) is 12.1. The highest BCUT2D eigenvalue weighted by Crippen LogP contribution is 2.26. The SMILES string of the molecule is CC(C=CCCCCCCOc1ccnc2cc(Cl)ccc12)=CC(=O)NCC(C)C. The van der Waals surface area contributed by atoms with Gasteiger partial charge >= 0.3 is 0 Å². The van der Waals surface area contributed by atoms with Gasteiger partial charge in [0.1, 0.15) is 5.75 Å². The topological polar surface area (TPSA) is 51.2 Å². The number of amides is 1. The fourth-order valence-corrected chi connectivity index (χ4v) is 3.17. The van der Waals surface area contributed by atoms with E-state index in [-0.39, 0.29) is 5.91 Å². The summed E-state index contributed by atoms with van der Waals surface area (Å²) >= 11 is 6.02. The fourth-order valence-electron chi connectivity index (χ4n) is 3.00. The lowest BCUT2D eigenvalue weighted by Gasteiger charge is -2.09. The molecule has 2 rings (SSSR count). The number of rotatable bonds is 12. The Morgan fingerprint density at radius 3 is 2.80 bits per heavy atom. The number of carbonyl (C=O) groups excluding carboxylic acids is 1. The van der Waals surface area contributed by atoms with Crippen molar-refractivity contribution in [3.63, 3.8) is 0 Å². The van der Waals surface area contributed by atoms with Crippen molar-refractivity contribution >= 4 is 28.4 Å². The number of unbranched alkanes of at least 4 members (excludes halogenated alkanes) is 4. The Kier molecular flexibility index (Phi) is 10.4. The number of hydrogen-bond donors (Lipinski definition) is 1. The van der Waals surface area contributed by atoms with E-state index in [1.807, 2.05) is 37.3 Å². The summed E-state index contributed by atoms with van der Waals surface area (Å²) in [6.45, 7) is 7.53. The molecule has 0 unspecified atom stereocenters. The molecule has 0 radical (unpaired) electrons. The second-order valence-electron chi connectivity index (χ2n) is 7.95. The lowest BCUT2D eigenvalue weighted by atomic mass is 10.1. The molecule has 1 amide bonds. The number of fused-ring (bicyclic) bond motifs is 1.